The van der Waals surface area contributed by atoms with Crippen molar-refractivity contribution in [3.63, 3.8) is 0 Å². The maximum atomic E-state index is 12.6. The molecule has 0 spiro atoms. The Balaban J connectivity index is 1.68. The van der Waals surface area contributed by atoms with Gasteiger partial charge in [0.25, 0.3) is 0 Å². The number of carbonyl (C=O) groups excluding carboxylic acids is 1. The lowest BCUT2D eigenvalue weighted by molar-refractivity contribution is -0.149. The zero-order chi connectivity index (χ0) is 25.4. The van der Waals surface area contributed by atoms with Gasteiger partial charge in [-0.1, -0.05) is 44.2 Å². The van der Waals surface area contributed by atoms with Crippen LogP contribution in [0.15, 0.2) is 53.0 Å². The first kappa shape index (κ1) is 26.0. The number of fused-ring (bicyclic) bond motifs is 1. The predicted octanol–water partition coefficient (Wildman–Crippen LogP) is 5.31. The van der Waals surface area contributed by atoms with E-state index in [0.717, 1.165) is 23.4 Å². The van der Waals surface area contributed by atoms with Crippen molar-refractivity contribution in [3.05, 3.63) is 77.1 Å². The van der Waals surface area contributed by atoms with Crippen LogP contribution < -0.4 is 4.74 Å². The summed E-state index contributed by atoms with van der Waals surface area (Å²) >= 11 is 0. The van der Waals surface area contributed by atoms with Gasteiger partial charge in [-0.2, -0.15) is 0 Å². The molecule has 186 valence electrons. The Morgan fingerprint density at radius 2 is 2.11 bits per heavy atom. The number of amides is 1. The molecule has 0 saturated heterocycles. The summed E-state index contributed by atoms with van der Waals surface area (Å²) in [6, 6.07) is 4.41. The van der Waals surface area contributed by atoms with E-state index in [-0.39, 0.29) is 5.91 Å². The minimum atomic E-state index is -1.06. The number of rotatable bonds is 10. The Labute approximate surface area is 206 Å². The molecule has 1 aliphatic rings. The standard InChI is InChI=1S/C28H34N2O5/c1-5-6-7-11-26(31)30-16-14-21-12-13-22(18-23(21)27(30)28(32)33)34-17-15-24-20(4)35-25(29-24)10-8-9-19(2)3/h5-8,10-13,18-19,27H,9,14-17H2,1-4H3,(H,32,33)/b6-5+,10-8+,11-7+. The van der Waals surface area contributed by atoms with Crippen LogP contribution in [0.1, 0.15) is 61.7 Å². The third-order valence-electron chi connectivity index (χ3n) is 5.79. The van der Waals surface area contributed by atoms with Gasteiger partial charge in [-0.3, -0.25) is 4.79 Å². The Hall–Kier alpha value is -3.61. The molecule has 1 unspecified atom stereocenters. The molecule has 7 heteroatoms. The maximum Gasteiger partial charge on any atom is 0.331 e. The lowest BCUT2D eigenvalue weighted by atomic mass is 9.92. The van der Waals surface area contributed by atoms with Crippen molar-refractivity contribution in [1.29, 1.82) is 0 Å². The highest BCUT2D eigenvalue weighted by atomic mass is 16.5. The third kappa shape index (κ3) is 6.94. The quantitative estimate of drug-likeness (QED) is 0.368. The summed E-state index contributed by atoms with van der Waals surface area (Å²) in [5.41, 5.74) is 2.33. The van der Waals surface area contributed by atoms with E-state index >= 15 is 0 Å². The van der Waals surface area contributed by atoms with E-state index in [2.05, 4.69) is 24.9 Å². The molecule has 2 heterocycles. The highest BCUT2D eigenvalue weighted by molar-refractivity contribution is 5.92. The molecule has 2 aromatic rings. The molecule has 1 aliphatic heterocycles. The Morgan fingerprint density at radius 1 is 1.31 bits per heavy atom. The lowest BCUT2D eigenvalue weighted by Gasteiger charge is -2.34. The average molecular weight is 479 g/mol. The zero-order valence-corrected chi connectivity index (χ0v) is 20.9. The molecular formula is C28H34N2O5. The van der Waals surface area contributed by atoms with Crippen molar-refractivity contribution in [2.45, 2.75) is 53.0 Å². The summed E-state index contributed by atoms with van der Waals surface area (Å²) in [4.78, 5) is 30.7. The van der Waals surface area contributed by atoms with Crippen LogP contribution in [0.3, 0.4) is 0 Å². The van der Waals surface area contributed by atoms with Gasteiger partial charge >= 0.3 is 5.97 Å². The smallest absolute Gasteiger partial charge is 0.331 e. The van der Waals surface area contributed by atoms with Crippen LogP contribution in [0.25, 0.3) is 6.08 Å². The molecule has 1 aromatic heterocycles. The molecule has 1 N–H and O–H groups in total. The SMILES string of the molecule is C/C=C/C=C/C(=O)N1CCc2ccc(OCCc3nc(/C=C/CC(C)C)oc3C)cc2C1C(=O)O. The molecule has 1 aromatic carbocycles. The second kappa shape index (κ2) is 12.2. The van der Waals surface area contributed by atoms with Crippen molar-refractivity contribution in [2.75, 3.05) is 13.2 Å². The first-order chi connectivity index (χ1) is 16.8. The summed E-state index contributed by atoms with van der Waals surface area (Å²) in [7, 11) is 0. The number of carbonyl (C=O) groups is 2. The first-order valence-electron chi connectivity index (χ1n) is 12.0. The summed E-state index contributed by atoms with van der Waals surface area (Å²) in [5.74, 6) is 1.09. The highest BCUT2D eigenvalue weighted by Crippen LogP contribution is 2.33. The molecule has 0 bridgehead atoms. The largest absolute Gasteiger partial charge is 0.493 e. The molecular weight excluding hydrogens is 444 g/mol. The van der Waals surface area contributed by atoms with Crippen LogP contribution in [0.2, 0.25) is 0 Å². The lowest BCUT2D eigenvalue weighted by Crippen LogP contribution is -2.42. The zero-order valence-electron chi connectivity index (χ0n) is 20.9. The van der Waals surface area contributed by atoms with E-state index in [0.29, 0.717) is 49.1 Å². The normalized spacial score (nSPS) is 16.0. The fourth-order valence-electron chi connectivity index (χ4n) is 3.99. The molecule has 35 heavy (non-hydrogen) atoms. The molecule has 3 rings (SSSR count). The Bertz CT molecular complexity index is 1130. The van der Waals surface area contributed by atoms with Gasteiger partial charge in [-0.05, 0) is 61.9 Å². The summed E-state index contributed by atoms with van der Waals surface area (Å²) < 4.78 is 11.7. The second-order valence-corrected chi connectivity index (χ2v) is 8.95. The van der Waals surface area contributed by atoms with Crippen LogP contribution in [0.4, 0.5) is 0 Å². The Kier molecular flexibility index (Phi) is 9.06. The number of ether oxygens (including phenoxy) is 1. The number of hydrogen-bond donors (Lipinski definition) is 1. The highest BCUT2D eigenvalue weighted by Gasteiger charge is 2.35. The average Bonchev–Trinajstić information content (AvgIpc) is 3.16. The van der Waals surface area contributed by atoms with Crippen molar-refractivity contribution < 1.29 is 23.8 Å². The fraction of sp³-hybridized carbons (Fsp3) is 0.393. The van der Waals surface area contributed by atoms with Crippen LogP contribution in [0, 0.1) is 12.8 Å². The Morgan fingerprint density at radius 3 is 2.83 bits per heavy atom. The van der Waals surface area contributed by atoms with Crippen molar-refractivity contribution in [3.8, 4) is 5.75 Å². The summed E-state index contributed by atoms with van der Waals surface area (Å²) in [5, 5.41) is 9.92. The number of carboxylic acids is 1. The van der Waals surface area contributed by atoms with Gasteiger partial charge in [-0.15, -0.1) is 0 Å². The van der Waals surface area contributed by atoms with E-state index in [4.69, 9.17) is 9.15 Å². The number of aromatic nitrogens is 1. The van der Waals surface area contributed by atoms with Gasteiger partial charge in [0.05, 0.1) is 12.3 Å². The van der Waals surface area contributed by atoms with Crippen LogP contribution >= 0.6 is 0 Å². The first-order valence-corrected chi connectivity index (χ1v) is 12.0. The fourth-order valence-corrected chi connectivity index (χ4v) is 3.99. The summed E-state index contributed by atoms with van der Waals surface area (Å²) in [6.07, 6.45) is 12.6. The van der Waals surface area contributed by atoms with Gasteiger partial charge in [0.15, 0.2) is 6.04 Å². The minimum absolute atomic E-state index is 0.327. The van der Waals surface area contributed by atoms with Crippen LogP contribution in [0.5, 0.6) is 5.75 Å². The second-order valence-electron chi connectivity index (χ2n) is 8.95. The van der Waals surface area contributed by atoms with Gasteiger partial charge in [0.1, 0.15) is 11.5 Å². The number of hydrogen-bond acceptors (Lipinski definition) is 5. The minimum Gasteiger partial charge on any atom is -0.493 e. The maximum absolute atomic E-state index is 12.6. The molecule has 7 nitrogen and oxygen atoms in total. The number of oxazole rings is 1. The predicted molar refractivity (Wildman–Crippen MR) is 135 cm³/mol. The van der Waals surface area contributed by atoms with Gasteiger partial charge in [-0.25, -0.2) is 9.78 Å². The number of carboxylic acid groups (broad SMARTS) is 1. The van der Waals surface area contributed by atoms with Crippen LogP contribution in [-0.2, 0) is 22.4 Å². The molecule has 0 fully saturated rings. The topological polar surface area (TPSA) is 92.9 Å². The van der Waals surface area contributed by atoms with E-state index in [1.165, 1.54) is 11.0 Å². The van der Waals surface area contributed by atoms with E-state index in [9.17, 15) is 14.7 Å². The van der Waals surface area contributed by atoms with Crippen LogP contribution in [-0.4, -0.2) is 40.0 Å². The number of aryl methyl sites for hydroxylation is 1. The summed E-state index contributed by atoms with van der Waals surface area (Å²) in [6.45, 7) is 8.77. The van der Waals surface area contributed by atoms with E-state index < -0.39 is 12.0 Å². The number of aliphatic carboxylic acids is 1. The van der Waals surface area contributed by atoms with E-state index in [1.54, 1.807) is 24.3 Å². The number of allylic oxidation sites excluding steroid dienone is 4. The van der Waals surface area contributed by atoms with Gasteiger partial charge in [0, 0.05) is 19.0 Å². The molecule has 0 aliphatic carbocycles. The van der Waals surface area contributed by atoms with Crippen molar-refractivity contribution in [1.82, 2.24) is 9.88 Å². The van der Waals surface area contributed by atoms with Gasteiger partial charge in [0.2, 0.25) is 11.8 Å². The van der Waals surface area contributed by atoms with Crippen molar-refractivity contribution in [2.24, 2.45) is 5.92 Å². The molecule has 0 saturated carbocycles. The number of nitrogens with zero attached hydrogens (tertiary/aromatic N) is 2. The number of benzene rings is 1. The van der Waals surface area contributed by atoms with Gasteiger partial charge < -0.3 is 19.2 Å². The monoisotopic (exact) mass is 478 g/mol. The van der Waals surface area contributed by atoms with Crippen molar-refractivity contribution >= 4 is 18.0 Å². The third-order valence-corrected chi connectivity index (χ3v) is 5.79. The van der Waals surface area contributed by atoms with E-state index in [1.807, 2.05) is 32.1 Å². The molecule has 0 radical (unpaired) electrons. The molecule has 1 atom stereocenters. The molecule has 1 amide bonds.